The lowest BCUT2D eigenvalue weighted by atomic mass is 10.2. The molecule has 0 aromatic carbocycles. The first-order valence-corrected chi connectivity index (χ1v) is 11.0. The standard InChI is InChI=1S/C20H27N5O4S/c1-14-13-30-19(20(28)21-2)18(14)23-17(27)12-25(8-5-3-4-6-9-25)11-16(26)22-15-7-10-29-24-15/h7,10,13H,3-6,8-9,11-12H2,1-2H3,(H2-,21,22,23,24,26,27,28)/p+1. The molecule has 9 nitrogen and oxygen atoms in total. The molecule has 3 amide bonds. The largest absolute Gasteiger partial charge is 0.363 e. The minimum absolute atomic E-state index is 0.175. The van der Waals surface area contributed by atoms with Crippen LogP contribution in [0.2, 0.25) is 0 Å². The number of nitrogens with one attached hydrogen (secondary N) is 3. The molecule has 3 heterocycles. The molecule has 3 rings (SSSR count). The fourth-order valence-electron chi connectivity index (χ4n) is 3.86. The Morgan fingerprint density at radius 1 is 1.10 bits per heavy atom. The van der Waals surface area contributed by atoms with Crippen molar-refractivity contribution in [2.45, 2.75) is 32.6 Å². The van der Waals surface area contributed by atoms with Crippen molar-refractivity contribution in [3.05, 3.63) is 28.2 Å². The zero-order valence-electron chi connectivity index (χ0n) is 17.3. The first-order valence-electron chi connectivity index (χ1n) is 10.1. The number of aromatic nitrogens is 1. The van der Waals surface area contributed by atoms with Crippen LogP contribution in [0.4, 0.5) is 11.5 Å². The lowest BCUT2D eigenvalue weighted by Crippen LogP contribution is -2.56. The Labute approximate surface area is 179 Å². The minimum Gasteiger partial charge on any atom is -0.363 e. The molecule has 0 radical (unpaired) electrons. The molecule has 1 fully saturated rings. The fourth-order valence-corrected chi connectivity index (χ4v) is 4.81. The first kappa shape index (κ1) is 22.0. The molecule has 2 aromatic heterocycles. The Balaban J connectivity index is 1.73. The molecule has 0 unspecified atom stereocenters. The van der Waals surface area contributed by atoms with Crippen molar-refractivity contribution in [1.82, 2.24) is 10.5 Å². The Morgan fingerprint density at radius 2 is 1.77 bits per heavy atom. The molecule has 0 bridgehead atoms. The van der Waals surface area contributed by atoms with Gasteiger partial charge >= 0.3 is 0 Å². The van der Waals surface area contributed by atoms with Crippen LogP contribution < -0.4 is 16.0 Å². The van der Waals surface area contributed by atoms with E-state index in [-0.39, 0.29) is 30.8 Å². The minimum atomic E-state index is -0.228. The van der Waals surface area contributed by atoms with Crippen LogP contribution in [0.5, 0.6) is 0 Å². The van der Waals surface area contributed by atoms with Crippen LogP contribution in [0, 0.1) is 6.92 Å². The van der Waals surface area contributed by atoms with E-state index in [2.05, 4.69) is 21.1 Å². The second-order valence-corrected chi connectivity index (χ2v) is 8.58. The maximum absolute atomic E-state index is 13.0. The normalized spacial score (nSPS) is 15.8. The number of anilines is 2. The fraction of sp³-hybridized carbons (Fsp3) is 0.500. The summed E-state index contributed by atoms with van der Waals surface area (Å²) < 4.78 is 5.14. The van der Waals surface area contributed by atoms with Gasteiger partial charge in [-0.3, -0.25) is 14.4 Å². The molecule has 0 spiro atoms. The predicted molar refractivity (Wildman–Crippen MR) is 114 cm³/mol. The van der Waals surface area contributed by atoms with Gasteiger partial charge in [0.15, 0.2) is 18.9 Å². The number of amides is 3. The van der Waals surface area contributed by atoms with Gasteiger partial charge in [0.05, 0.1) is 18.8 Å². The molecule has 0 saturated carbocycles. The number of nitrogens with zero attached hydrogens (tertiary/aromatic N) is 2. The van der Waals surface area contributed by atoms with Gasteiger partial charge in [-0.05, 0) is 43.6 Å². The van der Waals surface area contributed by atoms with E-state index in [9.17, 15) is 14.4 Å². The number of thiophene rings is 1. The third kappa shape index (κ3) is 5.45. The molecule has 3 N–H and O–H groups in total. The second-order valence-electron chi connectivity index (χ2n) is 7.70. The van der Waals surface area contributed by atoms with Crippen LogP contribution in [0.15, 0.2) is 22.2 Å². The number of rotatable bonds is 7. The summed E-state index contributed by atoms with van der Waals surface area (Å²) in [4.78, 5) is 38.2. The van der Waals surface area contributed by atoms with Crippen LogP contribution in [-0.2, 0) is 9.59 Å². The molecule has 30 heavy (non-hydrogen) atoms. The number of quaternary nitrogens is 1. The van der Waals surface area contributed by atoms with Crippen LogP contribution in [-0.4, -0.2) is 60.6 Å². The number of hydrogen-bond donors (Lipinski definition) is 3. The van der Waals surface area contributed by atoms with Crippen molar-refractivity contribution in [2.75, 3.05) is 43.9 Å². The monoisotopic (exact) mass is 434 g/mol. The highest BCUT2D eigenvalue weighted by Gasteiger charge is 2.34. The second kappa shape index (κ2) is 9.86. The van der Waals surface area contributed by atoms with Crippen molar-refractivity contribution in [3.8, 4) is 0 Å². The average molecular weight is 435 g/mol. The topological polar surface area (TPSA) is 113 Å². The van der Waals surface area contributed by atoms with Crippen LogP contribution in [0.25, 0.3) is 0 Å². The summed E-state index contributed by atoms with van der Waals surface area (Å²) in [6, 6.07) is 1.58. The molecule has 1 aliphatic rings. The summed E-state index contributed by atoms with van der Waals surface area (Å²) in [7, 11) is 1.56. The van der Waals surface area contributed by atoms with E-state index in [0.29, 0.717) is 20.9 Å². The first-order chi connectivity index (χ1) is 14.4. The van der Waals surface area contributed by atoms with Crippen molar-refractivity contribution >= 4 is 40.6 Å². The Morgan fingerprint density at radius 3 is 2.37 bits per heavy atom. The van der Waals surface area contributed by atoms with Gasteiger partial charge in [0.1, 0.15) is 11.1 Å². The quantitative estimate of drug-likeness (QED) is 0.579. The third-order valence-electron chi connectivity index (χ3n) is 5.35. The lowest BCUT2D eigenvalue weighted by molar-refractivity contribution is -0.912. The van der Waals surface area contributed by atoms with E-state index in [4.69, 9.17) is 4.52 Å². The van der Waals surface area contributed by atoms with E-state index < -0.39 is 0 Å². The molecule has 0 aliphatic carbocycles. The van der Waals surface area contributed by atoms with Crippen molar-refractivity contribution in [3.63, 3.8) is 0 Å². The van der Waals surface area contributed by atoms with Gasteiger partial charge < -0.3 is 25.0 Å². The van der Waals surface area contributed by atoms with E-state index in [0.717, 1.165) is 44.3 Å². The van der Waals surface area contributed by atoms with Gasteiger partial charge in [0, 0.05) is 13.1 Å². The van der Waals surface area contributed by atoms with Crippen molar-refractivity contribution < 1.29 is 23.4 Å². The third-order valence-corrected chi connectivity index (χ3v) is 6.45. The van der Waals surface area contributed by atoms with E-state index in [1.54, 1.807) is 13.1 Å². The van der Waals surface area contributed by atoms with Crippen molar-refractivity contribution in [1.29, 1.82) is 0 Å². The molecule has 0 atom stereocenters. The van der Waals surface area contributed by atoms with Gasteiger partial charge in [-0.25, -0.2) is 0 Å². The summed E-state index contributed by atoms with van der Waals surface area (Å²) >= 11 is 1.30. The Hall–Kier alpha value is -2.72. The van der Waals surface area contributed by atoms with Gasteiger partial charge in [-0.2, -0.15) is 0 Å². The SMILES string of the molecule is CNC(=O)c1scc(C)c1NC(=O)C[N+]1(CC(=O)Nc2ccon2)CCCCCC1. The zero-order chi connectivity index (χ0) is 21.6. The summed E-state index contributed by atoms with van der Waals surface area (Å²) in [6.07, 6.45) is 5.51. The molecule has 1 saturated heterocycles. The summed E-state index contributed by atoms with van der Waals surface area (Å²) in [5.74, 6) is -0.259. The summed E-state index contributed by atoms with van der Waals surface area (Å²) in [5, 5.41) is 13.8. The van der Waals surface area contributed by atoms with Crippen LogP contribution in [0.1, 0.15) is 40.9 Å². The van der Waals surface area contributed by atoms with Crippen LogP contribution in [0.3, 0.4) is 0 Å². The zero-order valence-corrected chi connectivity index (χ0v) is 18.1. The van der Waals surface area contributed by atoms with E-state index >= 15 is 0 Å². The summed E-state index contributed by atoms with van der Waals surface area (Å²) in [6.45, 7) is 3.73. The van der Waals surface area contributed by atoms with Gasteiger partial charge in [0.25, 0.3) is 17.7 Å². The van der Waals surface area contributed by atoms with E-state index in [1.165, 1.54) is 17.6 Å². The molecule has 2 aromatic rings. The molecule has 1 aliphatic heterocycles. The Kier molecular flexibility index (Phi) is 7.22. The molecular weight excluding hydrogens is 406 g/mol. The maximum Gasteiger partial charge on any atom is 0.280 e. The Bertz CT molecular complexity index is 885. The number of hydrogen-bond acceptors (Lipinski definition) is 6. The van der Waals surface area contributed by atoms with Gasteiger partial charge in [-0.15, -0.1) is 11.3 Å². The number of aryl methyl sites for hydroxylation is 1. The highest BCUT2D eigenvalue weighted by atomic mass is 32.1. The number of likely N-dealkylation sites (tertiary alicyclic amines) is 1. The smallest absolute Gasteiger partial charge is 0.280 e. The maximum atomic E-state index is 13.0. The van der Waals surface area contributed by atoms with Gasteiger partial charge in [-0.1, -0.05) is 5.16 Å². The van der Waals surface area contributed by atoms with Crippen LogP contribution >= 0.6 is 11.3 Å². The molecule has 10 heteroatoms. The van der Waals surface area contributed by atoms with E-state index in [1.807, 2.05) is 12.3 Å². The predicted octanol–water partition coefficient (Wildman–Crippen LogP) is 2.37. The molecular formula is C20H28N5O4S+. The number of carbonyl (C=O) groups excluding carboxylic acids is 3. The highest BCUT2D eigenvalue weighted by molar-refractivity contribution is 7.13. The lowest BCUT2D eigenvalue weighted by Gasteiger charge is -2.36. The highest BCUT2D eigenvalue weighted by Crippen LogP contribution is 2.28. The number of carbonyl (C=O) groups is 3. The summed E-state index contributed by atoms with van der Waals surface area (Å²) in [5.41, 5.74) is 1.39. The van der Waals surface area contributed by atoms with Gasteiger partial charge in [0.2, 0.25) is 0 Å². The molecule has 162 valence electrons. The average Bonchev–Trinajstić information content (AvgIpc) is 3.27. The van der Waals surface area contributed by atoms with Crippen molar-refractivity contribution in [2.24, 2.45) is 0 Å².